The quantitative estimate of drug-likeness (QED) is 0.753. The van der Waals surface area contributed by atoms with Gasteiger partial charge in [-0.05, 0) is 18.2 Å². The van der Waals surface area contributed by atoms with Crippen LogP contribution >= 0.6 is 0 Å². The third kappa shape index (κ3) is 3.88. The van der Waals surface area contributed by atoms with Gasteiger partial charge in [-0.15, -0.1) is 0 Å². The molecule has 0 aliphatic carbocycles. The first-order chi connectivity index (χ1) is 7.77. The molecular weight excluding hydrogens is 210 g/mol. The van der Waals surface area contributed by atoms with Gasteiger partial charge in [-0.2, -0.15) is 0 Å². The molecule has 0 bridgehead atoms. The van der Waals surface area contributed by atoms with E-state index in [-0.39, 0.29) is 26.3 Å². The lowest BCUT2D eigenvalue weighted by Crippen LogP contribution is -2.37. The lowest BCUT2D eigenvalue weighted by atomic mass is 10.3. The Bertz CT molecular complexity index is 309. The van der Waals surface area contributed by atoms with Crippen molar-refractivity contribution in [3.8, 4) is 5.75 Å². The van der Waals surface area contributed by atoms with E-state index in [2.05, 4.69) is 6.07 Å². The van der Waals surface area contributed by atoms with Crippen LogP contribution in [0.3, 0.4) is 0 Å². The van der Waals surface area contributed by atoms with E-state index in [0.717, 1.165) is 0 Å². The maximum Gasteiger partial charge on any atom is 0.415 e. The van der Waals surface area contributed by atoms with Crippen LogP contribution in [0.2, 0.25) is 0 Å². The van der Waals surface area contributed by atoms with E-state index in [4.69, 9.17) is 14.9 Å². The first kappa shape index (κ1) is 12.5. The first-order valence-electron chi connectivity index (χ1n) is 4.92. The maximum absolute atomic E-state index is 11.6. The Morgan fingerprint density at radius 3 is 2.31 bits per heavy atom. The third-order valence-corrected chi connectivity index (χ3v) is 1.89. The molecule has 0 unspecified atom stereocenters. The van der Waals surface area contributed by atoms with Gasteiger partial charge in [0.15, 0.2) is 0 Å². The number of benzene rings is 1. The molecule has 2 N–H and O–H groups in total. The highest BCUT2D eigenvalue weighted by atomic mass is 16.6. The summed E-state index contributed by atoms with van der Waals surface area (Å²) in [6.45, 7) is -0.0635. The summed E-state index contributed by atoms with van der Waals surface area (Å²) in [5.41, 5.74) is 0. The monoisotopic (exact) mass is 224 g/mol. The van der Waals surface area contributed by atoms with Crippen LogP contribution in [-0.2, 0) is 0 Å². The van der Waals surface area contributed by atoms with Crippen LogP contribution in [0.5, 0.6) is 5.75 Å². The summed E-state index contributed by atoms with van der Waals surface area (Å²) >= 11 is 0. The molecule has 0 atom stereocenters. The number of carbonyl (C=O) groups excluding carboxylic acids is 1. The molecule has 0 aliphatic rings. The number of hydrogen-bond donors (Lipinski definition) is 2. The highest BCUT2D eigenvalue weighted by Crippen LogP contribution is 2.09. The fraction of sp³-hybridized carbons (Fsp3) is 0.364. The second-order valence-electron chi connectivity index (χ2n) is 3.04. The molecule has 0 saturated carbocycles. The zero-order chi connectivity index (χ0) is 11.8. The second-order valence-corrected chi connectivity index (χ2v) is 3.04. The Kier molecular flexibility index (Phi) is 5.31. The van der Waals surface area contributed by atoms with E-state index in [0.29, 0.717) is 5.75 Å². The van der Waals surface area contributed by atoms with E-state index in [1.54, 1.807) is 24.3 Å². The van der Waals surface area contributed by atoms with E-state index in [1.165, 1.54) is 4.90 Å². The van der Waals surface area contributed by atoms with E-state index >= 15 is 0 Å². The molecule has 5 nitrogen and oxygen atoms in total. The van der Waals surface area contributed by atoms with Gasteiger partial charge in [-0.25, -0.2) is 4.79 Å². The molecule has 5 heteroatoms. The van der Waals surface area contributed by atoms with Crippen molar-refractivity contribution in [3.05, 3.63) is 30.3 Å². The summed E-state index contributed by atoms with van der Waals surface area (Å²) in [6.07, 6.45) is -0.589. The molecule has 1 radical (unpaired) electrons. The van der Waals surface area contributed by atoms with Gasteiger partial charge in [-0.3, -0.25) is 0 Å². The number of rotatable bonds is 5. The average molecular weight is 224 g/mol. The van der Waals surface area contributed by atoms with Crippen molar-refractivity contribution in [1.29, 1.82) is 0 Å². The predicted octanol–water partition coefficient (Wildman–Crippen LogP) is 0.272. The lowest BCUT2D eigenvalue weighted by Gasteiger charge is -2.19. The Hall–Kier alpha value is -1.59. The maximum atomic E-state index is 11.6. The number of ether oxygens (including phenoxy) is 1. The average Bonchev–Trinajstić information content (AvgIpc) is 2.30. The van der Waals surface area contributed by atoms with Crippen molar-refractivity contribution in [1.82, 2.24) is 4.90 Å². The molecule has 87 valence electrons. The van der Waals surface area contributed by atoms with Gasteiger partial charge in [0.2, 0.25) is 0 Å². The molecule has 16 heavy (non-hydrogen) atoms. The normalized spacial score (nSPS) is 9.88. The van der Waals surface area contributed by atoms with Crippen molar-refractivity contribution < 1.29 is 19.7 Å². The van der Waals surface area contributed by atoms with Gasteiger partial charge in [0.1, 0.15) is 5.75 Å². The molecule has 0 fully saturated rings. The fourth-order valence-corrected chi connectivity index (χ4v) is 1.14. The van der Waals surface area contributed by atoms with E-state index in [9.17, 15) is 4.79 Å². The van der Waals surface area contributed by atoms with Crippen LogP contribution in [0.1, 0.15) is 0 Å². The third-order valence-electron chi connectivity index (χ3n) is 1.89. The molecule has 0 saturated heterocycles. The van der Waals surface area contributed by atoms with Crippen LogP contribution in [0.25, 0.3) is 0 Å². The van der Waals surface area contributed by atoms with Gasteiger partial charge in [0, 0.05) is 13.1 Å². The number of hydrogen-bond acceptors (Lipinski definition) is 4. The molecule has 0 spiro atoms. The highest BCUT2D eigenvalue weighted by Gasteiger charge is 2.14. The molecule has 0 aliphatic heterocycles. The Balaban J connectivity index is 2.55. The lowest BCUT2D eigenvalue weighted by molar-refractivity contribution is 0.125. The van der Waals surface area contributed by atoms with E-state index < -0.39 is 6.09 Å². The van der Waals surface area contributed by atoms with Crippen LogP contribution in [0, 0.1) is 6.07 Å². The second kappa shape index (κ2) is 6.81. The number of aliphatic hydroxyl groups excluding tert-OH is 2. The van der Waals surface area contributed by atoms with Gasteiger partial charge < -0.3 is 19.8 Å². The Labute approximate surface area is 93.9 Å². The van der Waals surface area contributed by atoms with Gasteiger partial charge >= 0.3 is 6.09 Å². The predicted molar refractivity (Wildman–Crippen MR) is 57.0 cm³/mol. The Morgan fingerprint density at radius 2 is 1.81 bits per heavy atom. The summed E-state index contributed by atoms with van der Waals surface area (Å²) in [5.74, 6) is 0.407. The zero-order valence-electron chi connectivity index (χ0n) is 8.80. The number of nitrogens with zero attached hydrogens (tertiary/aromatic N) is 1. The molecule has 0 heterocycles. The number of carbonyl (C=O) groups is 1. The molecule has 1 rings (SSSR count). The molecule has 1 amide bonds. The standard InChI is InChI=1S/C11H14NO4/c13-8-6-12(7-9-14)11(15)16-10-4-2-1-3-5-10/h2-5,13-14H,6-9H2. The van der Waals surface area contributed by atoms with Crippen molar-refractivity contribution in [2.75, 3.05) is 26.3 Å². The topological polar surface area (TPSA) is 70.0 Å². The zero-order valence-corrected chi connectivity index (χ0v) is 8.80. The Morgan fingerprint density at radius 1 is 1.25 bits per heavy atom. The minimum absolute atomic E-state index is 0.137. The van der Waals surface area contributed by atoms with Crippen LogP contribution in [0.15, 0.2) is 24.3 Å². The van der Waals surface area contributed by atoms with Crippen molar-refractivity contribution in [2.24, 2.45) is 0 Å². The molecule has 1 aromatic carbocycles. The first-order valence-corrected chi connectivity index (χ1v) is 4.92. The molecular formula is C11H14NO4. The SMILES string of the molecule is O=C(Oc1cc[c]cc1)N(CCO)CCO. The van der Waals surface area contributed by atoms with Gasteiger partial charge in [-0.1, -0.05) is 12.1 Å². The van der Waals surface area contributed by atoms with Gasteiger partial charge in [0.25, 0.3) is 0 Å². The van der Waals surface area contributed by atoms with Crippen molar-refractivity contribution >= 4 is 6.09 Å². The van der Waals surface area contributed by atoms with Crippen molar-refractivity contribution in [2.45, 2.75) is 0 Å². The van der Waals surface area contributed by atoms with Crippen molar-refractivity contribution in [3.63, 3.8) is 0 Å². The summed E-state index contributed by atoms with van der Waals surface area (Å²) in [6, 6.07) is 9.27. The summed E-state index contributed by atoms with van der Waals surface area (Å²) in [5, 5.41) is 17.5. The fourth-order valence-electron chi connectivity index (χ4n) is 1.14. The minimum atomic E-state index is -0.589. The van der Waals surface area contributed by atoms with Crippen LogP contribution < -0.4 is 4.74 Å². The number of amides is 1. The summed E-state index contributed by atoms with van der Waals surface area (Å²) in [7, 11) is 0. The van der Waals surface area contributed by atoms with Crippen LogP contribution in [0.4, 0.5) is 4.79 Å². The van der Waals surface area contributed by atoms with Crippen LogP contribution in [-0.4, -0.2) is 47.5 Å². The summed E-state index contributed by atoms with van der Waals surface area (Å²) < 4.78 is 5.03. The van der Waals surface area contributed by atoms with E-state index in [1.807, 2.05) is 0 Å². The smallest absolute Gasteiger partial charge is 0.410 e. The molecule has 0 aromatic heterocycles. The molecule has 1 aromatic rings. The number of aliphatic hydroxyl groups is 2. The minimum Gasteiger partial charge on any atom is -0.410 e. The largest absolute Gasteiger partial charge is 0.415 e. The van der Waals surface area contributed by atoms with Gasteiger partial charge in [0.05, 0.1) is 13.2 Å². The highest BCUT2D eigenvalue weighted by molar-refractivity contribution is 5.70. The summed E-state index contributed by atoms with van der Waals surface area (Å²) in [4.78, 5) is 12.8.